The molecule has 0 amide bonds. The van der Waals surface area contributed by atoms with E-state index in [0.29, 0.717) is 23.0 Å². The summed E-state index contributed by atoms with van der Waals surface area (Å²) < 4.78 is 27.1. The Labute approximate surface area is 137 Å². The highest BCUT2D eigenvalue weighted by molar-refractivity contribution is 9.11. The average Bonchev–Trinajstić information content (AvgIpc) is 2.86. The van der Waals surface area contributed by atoms with Crippen molar-refractivity contribution in [1.29, 1.82) is 0 Å². The minimum Gasteiger partial charge on any atom is -0.392 e. The first-order valence-corrected chi connectivity index (χ1v) is 8.98. The number of pyridine rings is 1. The minimum atomic E-state index is -3.72. The summed E-state index contributed by atoms with van der Waals surface area (Å²) in [4.78, 5) is 4.18. The zero-order valence-electron chi connectivity index (χ0n) is 11.9. The molecule has 2 aromatic heterocycles. The highest BCUT2D eigenvalue weighted by atomic mass is 79.9. The molecule has 7 heteroatoms. The monoisotopic (exact) mass is 382 g/mol. The van der Waals surface area contributed by atoms with E-state index in [-0.39, 0.29) is 6.61 Å². The normalized spacial score (nSPS) is 22.0. The molecule has 0 bridgehead atoms. The third-order valence-electron chi connectivity index (χ3n) is 3.88. The lowest BCUT2D eigenvalue weighted by Gasteiger charge is -2.27. The zero-order chi connectivity index (χ0) is 16.0. The first-order chi connectivity index (χ1) is 10.4. The second-order valence-corrected chi connectivity index (χ2v) is 8.63. The number of nitrogens with zero attached hydrogens (tertiary/aromatic N) is 2. The zero-order valence-corrected chi connectivity index (χ0v) is 14.3. The second kappa shape index (κ2) is 5.33. The first kappa shape index (κ1) is 15.5. The number of aromatic nitrogens is 2. The van der Waals surface area contributed by atoms with E-state index in [4.69, 9.17) is 0 Å². The molecule has 1 N–H and O–H groups in total. The van der Waals surface area contributed by atoms with Crippen LogP contribution in [0.4, 0.5) is 0 Å². The van der Waals surface area contributed by atoms with E-state index in [2.05, 4.69) is 20.9 Å². The molecule has 0 saturated heterocycles. The number of hydrogen-bond donors (Lipinski definition) is 1. The van der Waals surface area contributed by atoms with Crippen molar-refractivity contribution in [1.82, 2.24) is 8.96 Å². The van der Waals surface area contributed by atoms with Crippen molar-refractivity contribution in [2.45, 2.75) is 24.7 Å². The smallest absolute Gasteiger partial charge is 0.249 e. The van der Waals surface area contributed by atoms with E-state index in [1.54, 1.807) is 31.3 Å². The van der Waals surface area contributed by atoms with Crippen LogP contribution < -0.4 is 0 Å². The number of aliphatic hydroxyl groups excluding tert-OH is 1. The van der Waals surface area contributed by atoms with Gasteiger partial charge >= 0.3 is 0 Å². The first-order valence-electron chi connectivity index (χ1n) is 6.75. The van der Waals surface area contributed by atoms with Crippen LogP contribution in [-0.2, 0) is 16.6 Å². The number of aliphatic hydroxyl groups is 1. The molecular formula is C15H15BrN2O3S. The fraction of sp³-hybridized carbons (Fsp3) is 0.267. The summed E-state index contributed by atoms with van der Waals surface area (Å²) in [5.41, 5.74) is 0.886. The molecule has 0 fully saturated rings. The van der Waals surface area contributed by atoms with E-state index in [9.17, 15) is 13.5 Å². The van der Waals surface area contributed by atoms with Crippen LogP contribution in [0.15, 0.2) is 47.2 Å². The molecule has 22 heavy (non-hydrogen) atoms. The van der Waals surface area contributed by atoms with Gasteiger partial charge in [-0.15, -0.1) is 0 Å². The average molecular weight is 383 g/mol. The summed E-state index contributed by atoms with van der Waals surface area (Å²) >= 11 is 3.34. The minimum absolute atomic E-state index is 0.235. The lowest BCUT2D eigenvalue weighted by molar-refractivity contribution is 0.283. The summed E-state index contributed by atoms with van der Waals surface area (Å²) in [6, 6.07) is 3.48. The molecule has 2 heterocycles. The molecule has 1 aliphatic rings. The quantitative estimate of drug-likeness (QED) is 0.885. The third kappa shape index (κ3) is 2.24. The van der Waals surface area contributed by atoms with Gasteiger partial charge in [0.25, 0.3) is 0 Å². The largest absolute Gasteiger partial charge is 0.392 e. The van der Waals surface area contributed by atoms with Gasteiger partial charge in [-0.3, -0.25) is 0 Å². The Balaban J connectivity index is 2.25. The van der Waals surface area contributed by atoms with Crippen LogP contribution in [-0.4, -0.2) is 27.2 Å². The van der Waals surface area contributed by atoms with Gasteiger partial charge in [0, 0.05) is 27.8 Å². The maximum absolute atomic E-state index is 13.1. The van der Waals surface area contributed by atoms with Crippen LogP contribution >= 0.6 is 15.9 Å². The van der Waals surface area contributed by atoms with Crippen LogP contribution in [0, 0.1) is 0 Å². The number of fused-ring (bicyclic) bond motifs is 1. The van der Waals surface area contributed by atoms with E-state index >= 15 is 0 Å². The Bertz CT molecular complexity index is 899. The van der Waals surface area contributed by atoms with Gasteiger partial charge in [0.15, 0.2) is 5.65 Å². The van der Waals surface area contributed by atoms with Crippen molar-refractivity contribution in [3.63, 3.8) is 0 Å². The maximum Gasteiger partial charge on any atom is 0.249 e. The molecule has 2 aromatic rings. The Morgan fingerprint density at radius 2 is 2.27 bits per heavy atom. The summed E-state index contributed by atoms with van der Waals surface area (Å²) in [7, 11) is -3.72. The standard InChI is InChI=1S/C15H15BrN2O3S/c1-15(6-2-4-12(16)8-15)22(20,21)18-9-11(10-19)13-5-3-7-17-14(13)18/h2-5,7-9,19H,6,10H2,1H3. The van der Waals surface area contributed by atoms with E-state index in [1.807, 2.05) is 12.2 Å². The van der Waals surface area contributed by atoms with E-state index in [1.165, 1.54) is 10.2 Å². The molecule has 1 atom stereocenters. The summed E-state index contributed by atoms with van der Waals surface area (Å²) in [5, 5.41) is 10.1. The molecule has 1 unspecified atom stereocenters. The molecule has 0 aliphatic heterocycles. The highest BCUT2D eigenvalue weighted by Gasteiger charge is 2.40. The Morgan fingerprint density at radius 1 is 1.50 bits per heavy atom. The predicted molar refractivity (Wildman–Crippen MR) is 89.1 cm³/mol. The van der Waals surface area contributed by atoms with Gasteiger partial charge in [0.2, 0.25) is 10.0 Å². The topological polar surface area (TPSA) is 72.2 Å². The van der Waals surface area contributed by atoms with Gasteiger partial charge in [0.05, 0.1) is 6.61 Å². The molecule has 0 radical (unpaired) electrons. The molecule has 0 saturated carbocycles. The van der Waals surface area contributed by atoms with Crippen molar-refractivity contribution in [2.24, 2.45) is 0 Å². The number of rotatable bonds is 3. The summed E-state index contributed by atoms with van der Waals surface area (Å²) in [5.74, 6) is 0. The van der Waals surface area contributed by atoms with E-state index < -0.39 is 14.8 Å². The van der Waals surface area contributed by atoms with Gasteiger partial charge < -0.3 is 5.11 Å². The Kier molecular flexibility index (Phi) is 3.74. The van der Waals surface area contributed by atoms with Crippen molar-refractivity contribution in [3.8, 4) is 0 Å². The third-order valence-corrected chi connectivity index (χ3v) is 6.63. The lowest BCUT2D eigenvalue weighted by atomic mass is 10.0. The van der Waals surface area contributed by atoms with Crippen LogP contribution in [0.1, 0.15) is 18.9 Å². The second-order valence-electron chi connectivity index (χ2n) is 5.44. The van der Waals surface area contributed by atoms with Crippen molar-refractivity contribution >= 4 is 37.0 Å². The Morgan fingerprint density at radius 3 is 2.95 bits per heavy atom. The molecule has 1 aliphatic carbocycles. The number of hydrogen-bond acceptors (Lipinski definition) is 4. The van der Waals surface area contributed by atoms with Crippen LogP contribution in [0.3, 0.4) is 0 Å². The molecule has 5 nitrogen and oxygen atoms in total. The van der Waals surface area contributed by atoms with Gasteiger partial charge in [-0.1, -0.05) is 28.1 Å². The van der Waals surface area contributed by atoms with Crippen LogP contribution in [0.5, 0.6) is 0 Å². The predicted octanol–water partition coefficient (Wildman–Crippen LogP) is 2.70. The number of allylic oxidation sites excluding steroid dienone is 3. The van der Waals surface area contributed by atoms with Gasteiger partial charge in [0.1, 0.15) is 4.75 Å². The Hall–Kier alpha value is -1.44. The molecular weight excluding hydrogens is 368 g/mol. The van der Waals surface area contributed by atoms with Gasteiger partial charge in [-0.25, -0.2) is 17.4 Å². The molecule has 116 valence electrons. The van der Waals surface area contributed by atoms with Crippen molar-refractivity contribution < 1.29 is 13.5 Å². The van der Waals surface area contributed by atoms with Gasteiger partial charge in [-0.05, 0) is 31.6 Å². The fourth-order valence-corrected chi connectivity index (χ4v) is 5.13. The lowest BCUT2D eigenvalue weighted by Crippen LogP contribution is -2.38. The number of halogens is 1. The van der Waals surface area contributed by atoms with Gasteiger partial charge in [-0.2, -0.15) is 0 Å². The SMILES string of the molecule is CC1(S(=O)(=O)n2cc(CO)c3cccnc32)C=C(Br)C=CC1. The summed E-state index contributed by atoms with van der Waals surface area (Å²) in [6.07, 6.45) is 8.74. The van der Waals surface area contributed by atoms with Crippen LogP contribution in [0.2, 0.25) is 0 Å². The summed E-state index contributed by atoms with van der Waals surface area (Å²) in [6.45, 7) is 1.45. The van der Waals surface area contributed by atoms with E-state index in [0.717, 1.165) is 4.48 Å². The molecule has 0 spiro atoms. The molecule has 3 rings (SSSR count). The van der Waals surface area contributed by atoms with Crippen molar-refractivity contribution in [2.75, 3.05) is 0 Å². The fourth-order valence-electron chi connectivity index (χ4n) is 2.61. The molecule has 0 aromatic carbocycles. The van der Waals surface area contributed by atoms with Crippen molar-refractivity contribution in [3.05, 3.63) is 52.8 Å². The van der Waals surface area contributed by atoms with Crippen LogP contribution in [0.25, 0.3) is 11.0 Å². The maximum atomic E-state index is 13.1. The highest BCUT2D eigenvalue weighted by Crippen LogP contribution is 2.34.